The first-order valence-corrected chi connectivity index (χ1v) is 33.7. The Morgan fingerprint density at radius 3 is 1.04 bits per heavy atom. The third kappa shape index (κ3) is 8.79. The van der Waals surface area contributed by atoms with Crippen molar-refractivity contribution in [2.24, 2.45) is 5.41 Å². The Morgan fingerprint density at radius 2 is 0.628 bits per heavy atom. The van der Waals surface area contributed by atoms with E-state index in [2.05, 4.69) is 334 Å². The SMILES string of the molecule is CC(C)(C)C1=Cc2ccc3c(-c4ccc(-c5ccc6c(c5)C(C)(C)c5cc(-c7ccc8c(c7)C(C)(C)c7cc(-c9ccc(-c%10ccc(-c%11ccc(-c%12c%13ccccc%13c(-c%13ccccc%13)c%13ccccc%12%13)cc%11)cc%10)cc9)ccc7-8)ccc5-6)cc4)ccc4c3c2C(=CC4)C1. The maximum Gasteiger partial charge on any atom is 0.0159 e. The molecule has 4 aliphatic carbocycles. The van der Waals surface area contributed by atoms with Gasteiger partial charge < -0.3 is 0 Å². The average Bonchev–Trinajstić information content (AvgIpc) is 1.14. The van der Waals surface area contributed by atoms with E-state index in [1.165, 1.54) is 194 Å². The summed E-state index contributed by atoms with van der Waals surface area (Å²) in [6.45, 7) is 16.7. The molecule has 0 bridgehead atoms. The lowest BCUT2D eigenvalue weighted by Crippen LogP contribution is -2.15. The second-order valence-corrected chi connectivity index (χ2v) is 29.1. The van der Waals surface area contributed by atoms with Crippen LogP contribution in [-0.4, -0.2) is 0 Å². The molecule has 94 heavy (non-hydrogen) atoms. The highest BCUT2D eigenvalue weighted by Crippen LogP contribution is 2.55. The van der Waals surface area contributed by atoms with Crippen molar-refractivity contribution in [3.05, 3.63) is 324 Å². The molecule has 0 fully saturated rings. The van der Waals surface area contributed by atoms with Crippen LogP contribution in [0.4, 0.5) is 0 Å². The molecule has 0 heterocycles. The van der Waals surface area contributed by atoms with E-state index in [0.717, 1.165) is 12.8 Å². The van der Waals surface area contributed by atoms with E-state index >= 15 is 0 Å². The fraction of sp³-hybridized carbons (Fsp3) is 0.128. The van der Waals surface area contributed by atoms with Gasteiger partial charge in [0.15, 0.2) is 0 Å². The number of hydrogen-bond donors (Lipinski definition) is 0. The fourth-order valence-electron chi connectivity index (χ4n) is 16.8. The summed E-state index contributed by atoms with van der Waals surface area (Å²) in [5.74, 6) is 0. The molecule has 0 aromatic heterocycles. The molecule has 0 N–H and O–H groups in total. The standard InChI is InChI=1S/C94H72/c1-92(2,3)73-51-71-38-37-66-39-45-74(83-50-44-72(52-73)88(71)91(66)83)63-33-29-62(30-34-63)68-41-47-76-78-49-43-70(56-87(78)94(6,7)85(76)54-68)69-42-48-77-75-46-40-67(53-84(75)93(4,5)86(77)55-69)61-27-25-59(26-28-61)57-21-23-58(24-22-57)60-31-35-65(36-32-60)90-81-19-13-11-17-79(81)89(64-15-9-8-10-16-64)80-18-12-14-20-82(80)90/h8-36,38-50,52-56H,37,51H2,1-7H3. The molecule has 0 aliphatic heterocycles. The molecular formula is C94H72. The minimum absolute atomic E-state index is 0.157. The lowest BCUT2D eigenvalue weighted by Gasteiger charge is -2.32. The van der Waals surface area contributed by atoms with Crippen LogP contribution in [0.3, 0.4) is 0 Å². The van der Waals surface area contributed by atoms with Crippen LogP contribution in [0, 0.1) is 5.41 Å². The van der Waals surface area contributed by atoms with Crippen LogP contribution in [0.2, 0.25) is 0 Å². The molecule has 0 saturated carbocycles. The number of benzene rings is 14. The Kier molecular flexibility index (Phi) is 12.5. The lowest BCUT2D eigenvalue weighted by molar-refractivity contribution is 0.498. The van der Waals surface area contributed by atoms with Crippen molar-refractivity contribution in [1.29, 1.82) is 0 Å². The number of hydrogen-bond acceptors (Lipinski definition) is 0. The van der Waals surface area contributed by atoms with Gasteiger partial charge in [0.1, 0.15) is 0 Å². The largest absolute Gasteiger partial charge is 0.0759 e. The Balaban J connectivity index is 0.569. The second-order valence-electron chi connectivity index (χ2n) is 29.1. The van der Waals surface area contributed by atoms with E-state index in [4.69, 9.17) is 0 Å². The highest BCUT2D eigenvalue weighted by molar-refractivity contribution is 6.21. The van der Waals surface area contributed by atoms with Gasteiger partial charge in [0.25, 0.3) is 0 Å². The summed E-state index contributed by atoms with van der Waals surface area (Å²) in [4.78, 5) is 0. The van der Waals surface area contributed by atoms with Gasteiger partial charge in [-0.05, 0) is 231 Å². The molecule has 14 aromatic carbocycles. The quantitative estimate of drug-likeness (QED) is 0.133. The van der Waals surface area contributed by atoms with E-state index in [0.29, 0.717) is 0 Å². The van der Waals surface area contributed by atoms with E-state index in [1.54, 1.807) is 0 Å². The van der Waals surface area contributed by atoms with Crippen molar-refractivity contribution in [2.75, 3.05) is 0 Å². The van der Waals surface area contributed by atoms with Crippen LogP contribution < -0.4 is 0 Å². The normalized spacial score (nSPS) is 14.5. The van der Waals surface area contributed by atoms with E-state index in [9.17, 15) is 0 Å². The zero-order valence-corrected chi connectivity index (χ0v) is 54.5. The van der Waals surface area contributed by atoms with Crippen LogP contribution in [0.1, 0.15) is 93.8 Å². The van der Waals surface area contributed by atoms with Crippen molar-refractivity contribution in [2.45, 2.75) is 72.1 Å². The molecule has 0 atom stereocenters. The monoisotopic (exact) mass is 1200 g/mol. The summed E-state index contributed by atoms with van der Waals surface area (Å²) in [7, 11) is 0. The summed E-state index contributed by atoms with van der Waals surface area (Å²) in [6.07, 6.45) is 7.00. The van der Waals surface area contributed by atoms with Crippen LogP contribution in [0.15, 0.2) is 285 Å². The Labute approximate surface area is 552 Å². The lowest BCUT2D eigenvalue weighted by atomic mass is 9.72. The third-order valence-electron chi connectivity index (χ3n) is 22.0. The van der Waals surface area contributed by atoms with Crippen molar-refractivity contribution >= 4 is 44.0 Å². The summed E-state index contributed by atoms with van der Waals surface area (Å²) < 4.78 is 0. The van der Waals surface area contributed by atoms with E-state index < -0.39 is 0 Å². The minimum Gasteiger partial charge on any atom is -0.0759 e. The third-order valence-corrected chi connectivity index (χ3v) is 22.0. The van der Waals surface area contributed by atoms with Gasteiger partial charge in [-0.3, -0.25) is 0 Å². The molecular weight excluding hydrogens is 1130 g/mol. The van der Waals surface area contributed by atoms with Crippen molar-refractivity contribution < 1.29 is 0 Å². The van der Waals surface area contributed by atoms with Crippen molar-refractivity contribution in [3.63, 3.8) is 0 Å². The molecule has 0 nitrogen and oxygen atoms in total. The van der Waals surface area contributed by atoms with Crippen LogP contribution >= 0.6 is 0 Å². The fourth-order valence-corrected chi connectivity index (χ4v) is 16.8. The topological polar surface area (TPSA) is 0 Å². The zero-order valence-electron chi connectivity index (χ0n) is 54.5. The Bertz CT molecular complexity index is 5500. The molecule has 0 saturated heterocycles. The first-order chi connectivity index (χ1) is 45.7. The van der Waals surface area contributed by atoms with Gasteiger partial charge in [-0.15, -0.1) is 0 Å². The van der Waals surface area contributed by atoms with Gasteiger partial charge in [-0.25, -0.2) is 0 Å². The van der Waals surface area contributed by atoms with E-state index in [1.807, 2.05) is 0 Å². The van der Waals surface area contributed by atoms with Gasteiger partial charge in [-0.2, -0.15) is 0 Å². The van der Waals surface area contributed by atoms with Gasteiger partial charge in [0, 0.05) is 10.8 Å². The van der Waals surface area contributed by atoms with Crippen molar-refractivity contribution in [3.8, 4) is 111 Å². The molecule has 0 amide bonds. The summed E-state index contributed by atoms with van der Waals surface area (Å²) in [6, 6.07) is 103. The highest BCUT2D eigenvalue weighted by atomic mass is 14.4. The van der Waals surface area contributed by atoms with Crippen LogP contribution in [0.5, 0.6) is 0 Å². The molecule has 448 valence electrons. The molecule has 14 aromatic rings. The van der Waals surface area contributed by atoms with Gasteiger partial charge in [0.05, 0.1) is 0 Å². The number of fused-ring (bicyclic) bond motifs is 8. The maximum absolute atomic E-state index is 2.49. The highest BCUT2D eigenvalue weighted by Gasteiger charge is 2.38. The smallest absolute Gasteiger partial charge is 0.0159 e. The minimum atomic E-state index is -0.169. The van der Waals surface area contributed by atoms with Gasteiger partial charge in [0.2, 0.25) is 0 Å². The Morgan fingerprint density at radius 1 is 0.287 bits per heavy atom. The van der Waals surface area contributed by atoms with Gasteiger partial charge in [-0.1, -0.05) is 315 Å². The van der Waals surface area contributed by atoms with Crippen LogP contribution in [0.25, 0.3) is 155 Å². The molecule has 4 aliphatic rings. The average molecular weight is 1200 g/mol. The van der Waals surface area contributed by atoms with E-state index in [-0.39, 0.29) is 16.2 Å². The second kappa shape index (κ2) is 20.9. The maximum atomic E-state index is 2.49. The van der Waals surface area contributed by atoms with Gasteiger partial charge >= 0.3 is 0 Å². The predicted molar refractivity (Wildman–Crippen MR) is 401 cm³/mol. The zero-order chi connectivity index (χ0) is 63.4. The molecule has 0 heteroatoms. The summed E-state index contributed by atoms with van der Waals surface area (Å²) in [5, 5.41) is 7.91. The Hall–Kier alpha value is -10.7. The summed E-state index contributed by atoms with van der Waals surface area (Å²) in [5.41, 5.74) is 38.0. The number of allylic oxidation sites excluding steroid dienone is 3. The van der Waals surface area contributed by atoms with Crippen LogP contribution in [-0.2, 0) is 17.3 Å². The first kappa shape index (κ1) is 56.1. The molecule has 0 radical (unpaired) electrons. The summed E-state index contributed by atoms with van der Waals surface area (Å²) >= 11 is 0. The van der Waals surface area contributed by atoms with Crippen molar-refractivity contribution in [1.82, 2.24) is 0 Å². The number of rotatable bonds is 8. The molecule has 0 spiro atoms. The molecule has 0 unspecified atom stereocenters. The predicted octanol–water partition coefficient (Wildman–Crippen LogP) is 25.9. The molecule has 18 rings (SSSR count). The first-order valence-electron chi connectivity index (χ1n) is 33.7.